The number of hydrogen-bond donors (Lipinski definition) is 0. The van der Waals surface area contributed by atoms with Gasteiger partial charge in [-0.1, -0.05) is 109 Å². The van der Waals surface area contributed by atoms with Gasteiger partial charge in [0, 0.05) is 7.11 Å². The highest BCUT2D eigenvalue weighted by molar-refractivity contribution is 7.62. The van der Waals surface area contributed by atoms with Crippen LogP contribution in [0.2, 0.25) is 0 Å². The van der Waals surface area contributed by atoms with Crippen molar-refractivity contribution in [1.82, 2.24) is 0 Å². The molecular formula is C33H27O3P. The summed E-state index contributed by atoms with van der Waals surface area (Å²) in [7, 11) is -2.08. The topological polar surface area (TPSA) is 35.5 Å². The van der Waals surface area contributed by atoms with E-state index < -0.39 is 13.0 Å². The molecule has 0 bridgehead atoms. The summed E-state index contributed by atoms with van der Waals surface area (Å²) in [5.41, 5.74) is 8.05. The zero-order chi connectivity index (χ0) is 25.5. The van der Waals surface area contributed by atoms with Crippen LogP contribution in [-0.4, -0.2) is 7.11 Å². The Morgan fingerprint density at radius 2 is 1.08 bits per heavy atom. The molecule has 0 fully saturated rings. The Balaban J connectivity index is 1.51. The fourth-order valence-electron chi connectivity index (χ4n) is 5.54. The van der Waals surface area contributed by atoms with Gasteiger partial charge in [0.05, 0.1) is 10.7 Å². The fourth-order valence-corrected chi connectivity index (χ4v) is 6.87. The van der Waals surface area contributed by atoms with Crippen LogP contribution in [0.1, 0.15) is 27.8 Å². The number of rotatable bonds is 6. The number of aryl methyl sites for hydroxylation is 1. The molecule has 1 unspecified atom stereocenters. The SMILES string of the molecule is COP(=O)(Oc1ccc(C2(c3ccc(C)cc3)c3ccccc3-c3ccccc32)cc1)c1ccccc1. The largest absolute Gasteiger partial charge is 0.421 e. The molecule has 0 amide bonds. The second-order valence-electron chi connectivity index (χ2n) is 9.34. The van der Waals surface area contributed by atoms with Crippen LogP contribution in [0.25, 0.3) is 11.1 Å². The maximum atomic E-state index is 13.5. The van der Waals surface area contributed by atoms with Gasteiger partial charge in [-0.2, -0.15) is 0 Å². The molecule has 1 aliphatic rings. The molecule has 1 aliphatic carbocycles. The molecule has 0 aliphatic heterocycles. The van der Waals surface area contributed by atoms with E-state index in [0.717, 1.165) is 5.56 Å². The second-order valence-corrected chi connectivity index (χ2v) is 11.4. The third kappa shape index (κ3) is 3.74. The molecule has 0 aromatic heterocycles. The average Bonchev–Trinajstić information content (AvgIpc) is 3.26. The second kappa shape index (κ2) is 9.19. The molecule has 5 aromatic carbocycles. The summed E-state index contributed by atoms with van der Waals surface area (Å²) < 4.78 is 24.9. The molecule has 1 atom stereocenters. The molecule has 0 spiro atoms. The van der Waals surface area contributed by atoms with Gasteiger partial charge in [-0.25, -0.2) is 4.57 Å². The van der Waals surface area contributed by atoms with Crippen LogP contribution in [0.4, 0.5) is 0 Å². The van der Waals surface area contributed by atoms with Crippen LogP contribution in [0.15, 0.2) is 127 Å². The normalized spacial score (nSPS) is 14.9. The van der Waals surface area contributed by atoms with Crippen molar-refractivity contribution in [2.45, 2.75) is 12.3 Å². The summed E-state index contributed by atoms with van der Waals surface area (Å²) in [4.78, 5) is 0. The van der Waals surface area contributed by atoms with Crippen molar-refractivity contribution in [1.29, 1.82) is 0 Å². The van der Waals surface area contributed by atoms with Crippen LogP contribution in [0.5, 0.6) is 5.75 Å². The van der Waals surface area contributed by atoms with Gasteiger partial charge in [0.2, 0.25) is 0 Å². The molecule has 0 radical (unpaired) electrons. The Morgan fingerprint density at radius 3 is 1.62 bits per heavy atom. The molecule has 0 saturated carbocycles. The quantitative estimate of drug-likeness (QED) is 0.217. The van der Waals surface area contributed by atoms with E-state index in [1.165, 1.54) is 40.5 Å². The standard InChI is InChI=1S/C33H27O3P/c1-24-16-18-25(19-17-24)33(31-14-8-6-12-29(31)30-13-7-9-15-32(30)33)26-20-22-27(23-21-26)36-37(34,35-2)28-10-4-3-5-11-28/h3-23H,1-2H3. The van der Waals surface area contributed by atoms with Gasteiger partial charge < -0.3 is 4.52 Å². The first-order valence-corrected chi connectivity index (χ1v) is 13.9. The first-order chi connectivity index (χ1) is 18.1. The van der Waals surface area contributed by atoms with Crippen molar-refractivity contribution in [3.05, 3.63) is 155 Å². The van der Waals surface area contributed by atoms with Crippen molar-refractivity contribution in [3.8, 4) is 16.9 Å². The van der Waals surface area contributed by atoms with Gasteiger partial charge in [-0.05, 0) is 64.6 Å². The Morgan fingerprint density at radius 1 is 0.595 bits per heavy atom. The van der Waals surface area contributed by atoms with E-state index in [1.54, 1.807) is 12.1 Å². The molecular weight excluding hydrogens is 475 g/mol. The Hall–Kier alpha value is -3.91. The molecule has 3 nitrogen and oxygen atoms in total. The molecule has 37 heavy (non-hydrogen) atoms. The average molecular weight is 503 g/mol. The lowest BCUT2D eigenvalue weighted by Crippen LogP contribution is -2.28. The van der Waals surface area contributed by atoms with Gasteiger partial charge in [0.1, 0.15) is 5.75 Å². The summed E-state index contributed by atoms with van der Waals surface area (Å²) in [6.07, 6.45) is 0. The van der Waals surface area contributed by atoms with Crippen LogP contribution >= 0.6 is 7.60 Å². The number of benzene rings is 5. The molecule has 4 heteroatoms. The lowest BCUT2D eigenvalue weighted by atomic mass is 9.67. The smallest absolute Gasteiger partial charge is 0.410 e. The predicted octanol–water partition coefficient (Wildman–Crippen LogP) is 7.90. The first-order valence-electron chi connectivity index (χ1n) is 12.3. The van der Waals surface area contributed by atoms with Gasteiger partial charge in [0.15, 0.2) is 0 Å². The maximum absolute atomic E-state index is 13.5. The summed E-state index contributed by atoms with van der Waals surface area (Å²) in [6.45, 7) is 2.11. The molecule has 5 aromatic rings. The van der Waals surface area contributed by atoms with Crippen molar-refractivity contribution >= 4 is 12.9 Å². The third-order valence-corrected chi connectivity index (χ3v) is 9.13. The maximum Gasteiger partial charge on any atom is 0.410 e. The zero-order valence-electron chi connectivity index (χ0n) is 20.8. The highest BCUT2D eigenvalue weighted by atomic mass is 31.2. The monoisotopic (exact) mass is 502 g/mol. The van der Waals surface area contributed by atoms with Crippen LogP contribution in [-0.2, 0) is 14.5 Å². The van der Waals surface area contributed by atoms with Crippen molar-refractivity contribution < 1.29 is 13.6 Å². The lowest BCUT2D eigenvalue weighted by molar-refractivity contribution is 0.334. The lowest BCUT2D eigenvalue weighted by Gasteiger charge is -2.34. The van der Waals surface area contributed by atoms with E-state index in [9.17, 15) is 4.57 Å². The van der Waals surface area contributed by atoms with Gasteiger partial charge in [0.25, 0.3) is 0 Å². The van der Waals surface area contributed by atoms with Crippen molar-refractivity contribution in [2.24, 2.45) is 0 Å². The minimum atomic E-state index is -3.50. The molecule has 0 saturated heterocycles. The third-order valence-electron chi connectivity index (χ3n) is 7.26. The van der Waals surface area contributed by atoms with Crippen LogP contribution in [0, 0.1) is 6.92 Å². The van der Waals surface area contributed by atoms with E-state index >= 15 is 0 Å². The molecule has 6 rings (SSSR count). The Labute approximate surface area is 217 Å². The van der Waals surface area contributed by atoms with E-state index in [1.807, 2.05) is 30.3 Å². The highest BCUT2D eigenvalue weighted by Gasteiger charge is 2.45. The zero-order valence-corrected chi connectivity index (χ0v) is 21.7. The van der Waals surface area contributed by atoms with Crippen molar-refractivity contribution in [3.63, 3.8) is 0 Å². The highest BCUT2D eigenvalue weighted by Crippen LogP contribution is 2.56. The molecule has 0 heterocycles. The van der Waals surface area contributed by atoms with Gasteiger partial charge in [-0.3, -0.25) is 4.52 Å². The number of fused-ring (bicyclic) bond motifs is 3. The van der Waals surface area contributed by atoms with E-state index in [2.05, 4.69) is 91.9 Å². The minimum absolute atomic E-state index is 0.482. The first kappa shape index (κ1) is 23.5. The summed E-state index contributed by atoms with van der Waals surface area (Å²) in [6, 6.07) is 43.1. The summed E-state index contributed by atoms with van der Waals surface area (Å²) in [5, 5.41) is 0.524. The fraction of sp³-hybridized carbons (Fsp3) is 0.0909. The van der Waals surface area contributed by atoms with E-state index in [4.69, 9.17) is 9.05 Å². The van der Waals surface area contributed by atoms with Crippen molar-refractivity contribution in [2.75, 3.05) is 7.11 Å². The molecule has 182 valence electrons. The number of hydrogen-bond acceptors (Lipinski definition) is 3. The van der Waals surface area contributed by atoms with Crippen LogP contribution in [0.3, 0.4) is 0 Å². The van der Waals surface area contributed by atoms with Gasteiger partial charge >= 0.3 is 7.60 Å². The van der Waals surface area contributed by atoms with E-state index in [-0.39, 0.29) is 0 Å². The Bertz CT molecular complexity index is 1560. The Kier molecular flexibility index (Phi) is 5.83. The predicted molar refractivity (Wildman–Crippen MR) is 150 cm³/mol. The summed E-state index contributed by atoms with van der Waals surface area (Å²) >= 11 is 0. The van der Waals surface area contributed by atoms with E-state index in [0.29, 0.717) is 11.1 Å². The molecule has 0 N–H and O–H groups in total. The van der Waals surface area contributed by atoms with Gasteiger partial charge in [-0.15, -0.1) is 0 Å². The van der Waals surface area contributed by atoms with Crippen LogP contribution < -0.4 is 9.83 Å². The summed E-state index contributed by atoms with van der Waals surface area (Å²) in [5.74, 6) is 0.497. The minimum Gasteiger partial charge on any atom is -0.421 e.